The molecule has 4 nitrogen and oxygen atoms in total. The average Bonchev–Trinajstić information content (AvgIpc) is 2.68. The van der Waals surface area contributed by atoms with Gasteiger partial charge in [0.1, 0.15) is 10.7 Å². The fourth-order valence-corrected chi connectivity index (χ4v) is 3.22. The molecule has 0 saturated carbocycles. The van der Waals surface area contributed by atoms with Gasteiger partial charge < -0.3 is 5.32 Å². The summed E-state index contributed by atoms with van der Waals surface area (Å²) >= 11 is 5.57. The molecular weight excluding hydrogens is 302 g/mol. The Morgan fingerprint density at radius 1 is 1.44 bits per heavy atom. The maximum atomic E-state index is 13.5. The molecule has 0 spiro atoms. The number of sulfonamides is 1. The molecule has 0 bridgehead atoms. The van der Waals surface area contributed by atoms with Gasteiger partial charge in [-0.2, -0.15) is 0 Å². The molecule has 1 atom stereocenters. The van der Waals surface area contributed by atoms with Crippen LogP contribution in [0.15, 0.2) is 23.1 Å². The summed E-state index contributed by atoms with van der Waals surface area (Å²) in [5.41, 5.74) is 0. The molecule has 0 amide bonds. The second-order valence-electron chi connectivity index (χ2n) is 3.89. The third-order valence-electron chi connectivity index (χ3n) is 2.57. The summed E-state index contributed by atoms with van der Waals surface area (Å²) in [5, 5.41) is 3.20. The highest BCUT2D eigenvalue weighted by Gasteiger charge is 2.25. The van der Waals surface area contributed by atoms with Crippen LogP contribution in [0.25, 0.3) is 0 Å². The molecular formula is C10H13Cl2FN2O2S. The van der Waals surface area contributed by atoms with Crippen LogP contribution < -0.4 is 10.0 Å². The first-order chi connectivity index (χ1) is 7.99. The van der Waals surface area contributed by atoms with Crippen molar-refractivity contribution in [1.29, 1.82) is 0 Å². The predicted molar refractivity (Wildman–Crippen MR) is 70.3 cm³/mol. The van der Waals surface area contributed by atoms with Gasteiger partial charge in [-0.25, -0.2) is 17.5 Å². The Morgan fingerprint density at radius 2 is 2.17 bits per heavy atom. The van der Waals surface area contributed by atoms with E-state index in [2.05, 4.69) is 10.0 Å². The topological polar surface area (TPSA) is 58.2 Å². The molecule has 1 unspecified atom stereocenters. The third-order valence-corrected chi connectivity index (χ3v) is 4.35. The number of nitrogens with one attached hydrogen (secondary N) is 2. The lowest BCUT2D eigenvalue weighted by Gasteiger charge is -2.12. The minimum Gasteiger partial charge on any atom is -0.315 e. The van der Waals surface area contributed by atoms with Crippen molar-refractivity contribution in [2.24, 2.45) is 0 Å². The van der Waals surface area contributed by atoms with Gasteiger partial charge in [0.25, 0.3) is 0 Å². The quantitative estimate of drug-likeness (QED) is 0.890. The Balaban J connectivity index is 0.00000162. The minimum absolute atomic E-state index is 0. The van der Waals surface area contributed by atoms with Gasteiger partial charge in [0.05, 0.1) is 0 Å². The first kappa shape index (κ1) is 15.7. The van der Waals surface area contributed by atoms with Crippen LogP contribution in [0.2, 0.25) is 5.02 Å². The van der Waals surface area contributed by atoms with Crippen LogP contribution in [-0.2, 0) is 10.0 Å². The van der Waals surface area contributed by atoms with Crippen LogP contribution in [-0.4, -0.2) is 27.5 Å². The lowest BCUT2D eigenvalue weighted by molar-refractivity contribution is 0.542. The largest absolute Gasteiger partial charge is 0.315 e. The summed E-state index contributed by atoms with van der Waals surface area (Å²) in [4.78, 5) is -0.367. The Hall–Kier alpha value is -0.400. The standard InChI is InChI=1S/C10H12ClFN2O2S.ClH/c11-7-1-2-10(9(12)5-7)17(15,16)14-8-3-4-13-6-8;/h1-2,5,8,13-14H,3-4,6H2;1H. The zero-order valence-electron chi connectivity index (χ0n) is 9.32. The van der Waals surface area contributed by atoms with E-state index in [0.717, 1.165) is 12.6 Å². The second-order valence-corrected chi connectivity index (χ2v) is 6.00. The highest BCUT2D eigenvalue weighted by Crippen LogP contribution is 2.19. The van der Waals surface area contributed by atoms with E-state index in [1.54, 1.807) is 0 Å². The zero-order chi connectivity index (χ0) is 12.5. The van der Waals surface area contributed by atoms with Crippen molar-refractivity contribution in [2.75, 3.05) is 13.1 Å². The molecule has 0 aromatic heterocycles. The second kappa shape index (κ2) is 6.16. The molecule has 1 aliphatic heterocycles. The van der Waals surface area contributed by atoms with Crippen LogP contribution in [0.4, 0.5) is 4.39 Å². The van der Waals surface area contributed by atoms with Crippen molar-refractivity contribution in [1.82, 2.24) is 10.0 Å². The number of benzene rings is 1. The normalized spacial score (nSPS) is 19.6. The highest BCUT2D eigenvalue weighted by atomic mass is 35.5. The van der Waals surface area contributed by atoms with Gasteiger partial charge in [0, 0.05) is 17.6 Å². The SMILES string of the molecule is Cl.O=S(=O)(NC1CCNC1)c1ccc(Cl)cc1F. The molecule has 102 valence electrons. The smallest absolute Gasteiger partial charge is 0.243 e. The zero-order valence-corrected chi connectivity index (χ0v) is 11.7. The van der Waals surface area contributed by atoms with Gasteiger partial charge in [-0.3, -0.25) is 0 Å². The molecule has 2 N–H and O–H groups in total. The fourth-order valence-electron chi connectivity index (χ4n) is 1.73. The molecule has 2 rings (SSSR count). The van der Waals surface area contributed by atoms with Crippen molar-refractivity contribution in [2.45, 2.75) is 17.4 Å². The van der Waals surface area contributed by atoms with Crippen LogP contribution in [0, 0.1) is 5.82 Å². The summed E-state index contributed by atoms with van der Waals surface area (Å²) in [6.07, 6.45) is 0.703. The van der Waals surface area contributed by atoms with Crippen molar-refractivity contribution >= 4 is 34.0 Å². The molecule has 18 heavy (non-hydrogen) atoms. The van der Waals surface area contributed by atoms with E-state index >= 15 is 0 Å². The van der Waals surface area contributed by atoms with Crippen LogP contribution in [0.1, 0.15) is 6.42 Å². The highest BCUT2D eigenvalue weighted by molar-refractivity contribution is 7.89. The molecule has 0 radical (unpaired) electrons. The van der Waals surface area contributed by atoms with E-state index in [4.69, 9.17) is 11.6 Å². The monoisotopic (exact) mass is 314 g/mol. The van der Waals surface area contributed by atoms with E-state index in [9.17, 15) is 12.8 Å². The van der Waals surface area contributed by atoms with E-state index in [1.165, 1.54) is 12.1 Å². The van der Waals surface area contributed by atoms with E-state index in [1.807, 2.05) is 0 Å². The summed E-state index contributed by atoms with van der Waals surface area (Å²) < 4.78 is 39.8. The van der Waals surface area contributed by atoms with Gasteiger partial charge in [0.15, 0.2) is 0 Å². The maximum absolute atomic E-state index is 13.5. The summed E-state index contributed by atoms with van der Waals surface area (Å²) in [5.74, 6) is -0.837. The van der Waals surface area contributed by atoms with E-state index in [0.29, 0.717) is 13.0 Å². The molecule has 1 fully saturated rings. The number of hydrogen-bond acceptors (Lipinski definition) is 3. The van der Waals surface area contributed by atoms with E-state index in [-0.39, 0.29) is 28.4 Å². The molecule has 1 aromatic carbocycles. The lowest BCUT2D eigenvalue weighted by atomic mass is 10.3. The third kappa shape index (κ3) is 3.55. The summed E-state index contributed by atoms with van der Waals surface area (Å²) in [6, 6.07) is 3.33. The van der Waals surface area contributed by atoms with Gasteiger partial charge in [0.2, 0.25) is 10.0 Å². The summed E-state index contributed by atoms with van der Waals surface area (Å²) in [6.45, 7) is 1.32. The van der Waals surface area contributed by atoms with Crippen molar-refractivity contribution in [3.05, 3.63) is 29.0 Å². The van der Waals surface area contributed by atoms with Crippen LogP contribution in [0.5, 0.6) is 0 Å². The predicted octanol–water partition coefficient (Wildman–Crippen LogP) is 1.54. The first-order valence-corrected chi connectivity index (χ1v) is 7.03. The lowest BCUT2D eigenvalue weighted by Crippen LogP contribution is -2.36. The minimum atomic E-state index is -3.81. The maximum Gasteiger partial charge on any atom is 0.243 e. The molecule has 1 aromatic rings. The Morgan fingerprint density at radius 3 is 2.72 bits per heavy atom. The Labute approximate surface area is 116 Å². The molecule has 1 saturated heterocycles. The molecule has 8 heteroatoms. The van der Waals surface area contributed by atoms with Crippen molar-refractivity contribution in [3.8, 4) is 0 Å². The number of hydrogen-bond donors (Lipinski definition) is 2. The van der Waals surface area contributed by atoms with Crippen molar-refractivity contribution < 1.29 is 12.8 Å². The molecule has 0 aliphatic carbocycles. The van der Waals surface area contributed by atoms with Crippen molar-refractivity contribution in [3.63, 3.8) is 0 Å². The van der Waals surface area contributed by atoms with E-state index < -0.39 is 15.8 Å². The van der Waals surface area contributed by atoms with Gasteiger partial charge in [-0.1, -0.05) is 11.6 Å². The molecule has 1 aliphatic rings. The van der Waals surface area contributed by atoms with Gasteiger partial charge in [-0.15, -0.1) is 12.4 Å². The molecule has 1 heterocycles. The van der Waals surface area contributed by atoms with Crippen LogP contribution in [0.3, 0.4) is 0 Å². The van der Waals surface area contributed by atoms with Crippen LogP contribution >= 0.6 is 24.0 Å². The summed E-state index contributed by atoms with van der Waals surface area (Å²) in [7, 11) is -3.81. The first-order valence-electron chi connectivity index (χ1n) is 5.17. The Bertz CT molecular complexity index is 519. The average molecular weight is 315 g/mol. The fraction of sp³-hybridized carbons (Fsp3) is 0.400. The Kier molecular flexibility index (Phi) is 5.36. The van der Waals surface area contributed by atoms with Gasteiger partial charge in [-0.05, 0) is 31.2 Å². The van der Waals surface area contributed by atoms with Gasteiger partial charge >= 0.3 is 0 Å². The number of rotatable bonds is 3. The number of halogens is 3.